The van der Waals surface area contributed by atoms with Crippen LogP contribution in [0.2, 0.25) is 0 Å². The molecule has 1 N–H and O–H groups in total. The van der Waals surface area contributed by atoms with E-state index in [9.17, 15) is 0 Å². The summed E-state index contributed by atoms with van der Waals surface area (Å²) in [4.78, 5) is 0. The maximum atomic E-state index is 5.79. The normalized spacial score (nSPS) is 21.9. The van der Waals surface area contributed by atoms with Crippen LogP contribution in [0, 0.1) is 5.92 Å². The molecule has 0 bridgehead atoms. The van der Waals surface area contributed by atoms with Gasteiger partial charge in [0.25, 0.3) is 0 Å². The fourth-order valence-corrected chi connectivity index (χ4v) is 3.29. The number of hydrogen-bond acceptors (Lipinski definition) is 2. The van der Waals surface area contributed by atoms with E-state index in [0.29, 0.717) is 11.5 Å². The molecule has 0 saturated carbocycles. The minimum absolute atomic E-state index is 0.295. The maximum Gasteiger partial charge on any atom is 0.119 e. The Morgan fingerprint density at radius 3 is 2.52 bits per heavy atom. The number of rotatable bonds is 8. The van der Waals surface area contributed by atoms with Gasteiger partial charge in [-0.2, -0.15) is 0 Å². The molecule has 2 nitrogen and oxygen atoms in total. The Balaban J connectivity index is 1.89. The summed E-state index contributed by atoms with van der Waals surface area (Å²) < 4.78 is 5.79. The molecule has 0 amide bonds. The average Bonchev–Trinajstić information content (AvgIpc) is 2.95. The van der Waals surface area contributed by atoms with Crippen LogP contribution in [0.25, 0.3) is 0 Å². The molecule has 1 aromatic rings. The molecule has 2 heteroatoms. The summed E-state index contributed by atoms with van der Waals surface area (Å²) in [5.41, 5.74) is 1.71. The van der Waals surface area contributed by atoms with Crippen molar-refractivity contribution in [2.75, 3.05) is 13.2 Å². The van der Waals surface area contributed by atoms with Gasteiger partial charge in [-0.3, -0.25) is 0 Å². The smallest absolute Gasteiger partial charge is 0.119 e. The summed E-state index contributed by atoms with van der Waals surface area (Å²) in [7, 11) is 0. The molecule has 0 radical (unpaired) electrons. The van der Waals surface area contributed by atoms with Gasteiger partial charge in [0, 0.05) is 5.54 Å². The van der Waals surface area contributed by atoms with E-state index in [4.69, 9.17) is 4.74 Å². The van der Waals surface area contributed by atoms with Crippen molar-refractivity contribution in [3.05, 3.63) is 29.8 Å². The molecule has 1 aliphatic rings. The van der Waals surface area contributed by atoms with E-state index in [-0.39, 0.29) is 0 Å². The SMILES string of the molecule is CCCCCOc1ccc(CC2(C(C)C)CCCN2)cc1. The number of ether oxygens (including phenoxy) is 1. The zero-order chi connectivity index (χ0) is 15.1. The highest BCUT2D eigenvalue weighted by molar-refractivity contribution is 5.29. The molecule has 1 aromatic carbocycles. The zero-order valence-electron chi connectivity index (χ0n) is 14.0. The Labute approximate surface area is 130 Å². The van der Waals surface area contributed by atoms with Crippen molar-refractivity contribution in [1.82, 2.24) is 5.32 Å². The topological polar surface area (TPSA) is 21.3 Å². The molecule has 1 atom stereocenters. The van der Waals surface area contributed by atoms with Crippen LogP contribution in [0.15, 0.2) is 24.3 Å². The van der Waals surface area contributed by atoms with Gasteiger partial charge in [-0.25, -0.2) is 0 Å². The molecule has 1 saturated heterocycles. The number of unbranched alkanes of at least 4 members (excludes halogenated alkanes) is 2. The first-order valence-electron chi connectivity index (χ1n) is 8.63. The van der Waals surface area contributed by atoms with Gasteiger partial charge >= 0.3 is 0 Å². The lowest BCUT2D eigenvalue weighted by Gasteiger charge is -2.34. The van der Waals surface area contributed by atoms with E-state index in [2.05, 4.69) is 50.4 Å². The quantitative estimate of drug-likeness (QED) is 0.707. The molecule has 1 unspecified atom stereocenters. The van der Waals surface area contributed by atoms with Crippen LogP contribution >= 0.6 is 0 Å². The number of nitrogens with one attached hydrogen (secondary N) is 1. The fourth-order valence-electron chi connectivity index (χ4n) is 3.29. The minimum Gasteiger partial charge on any atom is -0.494 e. The molecule has 1 fully saturated rings. The molecule has 1 heterocycles. The molecular formula is C19H31NO. The maximum absolute atomic E-state index is 5.79. The molecule has 118 valence electrons. The number of hydrogen-bond donors (Lipinski definition) is 1. The second-order valence-electron chi connectivity index (χ2n) is 6.72. The van der Waals surface area contributed by atoms with E-state index < -0.39 is 0 Å². The summed E-state index contributed by atoms with van der Waals surface area (Å²) in [6.45, 7) is 8.89. The van der Waals surface area contributed by atoms with Gasteiger partial charge in [0.2, 0.25) is 0 Å². The van der Waals surface area contributed by atoms with Crippen LogP contribution in [-0.4, -0.2) is 18.7 Å². The van der Waals surface area contributed by atoms with Gasteiger partial charge < -0.3 is 10.1 Å². The Morgan fingerprint density at radius 1 is 1.19 bits per heavy atom. The first-order chi connectivity index (χ1) is 10.2. The lowest BCUT2D eigenvalue weighted by atomic mass is 9.80. The first-order valence-corrected chi connectivity index (χ1v) is 8.63. The second-order valence-corrected chi connectivity index (χ2v) is 6.72. The summed E-state index contributed by atoms with van der Waals surface area (Å²) >= 11 is 0. The van der Waals surface area contributed by atoms with Gasteiger partial charge in [0.15, 0.2) is 0 Å². The van der Waals surface area contributed by atoms with E-state index in [1.165, 1.54) is 31.2 Å². The standard InChI is InChI=1S/C19H31NO/c1-4-5-6-14-21-18-10-8-17(9-11-18)15-19(16(2)3)12-7-13-20-19/h8-11,16,20H,4-7,12-15H2,1-3H3. The predicted molar refractivity (Wildman–Crippen MR) is 90.0 cm³/mol. The van der Waals surface area contributed by atoms with Crippen LogP contribution in [0.3, 0.4) is 0 Å². The first kappa shape index (κ1) is 16.4. The summed E-state index contributed by atoms with van der Waals surface area (Å²) in [6, 6.07) is 8.73. The Bertz CT molecular complexity index is 404. The van der Waals surface area contributed by atoms with E-state index >= 15 is 0 Å². The molecule has 1 aliphatic heterocycles. The van der Waals surface area contributed by atoms with Crippen molar-refractivity contribution in [1.29, 1.82) is 0 Å². The van der Waals surface area contributed by atoms with Crippen molar-refractivity contribution in [3.8, 4) is 5.75 Å². The lowest BCUT2D eigenvalue weighted by Crippen LogP contribution is -2.46. The van der Waals surface area contributed by atoms with Crippen LogP contribution < -0.4 is 10.1 Å². The van der Waals surface area contributed by atoms with Crippen LogP contribution in [0.5, 0.6) is 5.75 Å². The lowest BCUT2D eigenvalue weighted by molar-refractivity contribution is 0.269. The van der Waals surface area contributed by atoms with Crippen molar-refractivity contribution in [2.24, 2.45) is 5.92 Å². The largest absolute Gasteiger partial charge is 0.494 e. The molecular weight excluding hydrogens is 258 g/mol. The highest BCUT2D eigenvalue weighted by Gasteiger charge is 2.36. The highest BCUT2D eigenvalue weighted by atomic mass is 16.5. The monoisotopic (exact) mass is 289 g/mol. The zero-order valence-corrected chi connectivity index (χ0v) is 14.0. The van der Waals surface area contributed by atoms with Gasteiger partial charge in [-0.05, 0) is 55.8 Å². The van der Waals surface area contributed by atoms with Gasteiger partial charge in [-0.15, -0.1) is 0 Å². The minimum atomic E-state index is 0.295. The van der Waals surface area contributed by atoms with Gasteiger partial charge in [-0.1, -0.05) is 45.7 Å². The molecule has 0 aliphatic carbocycles. The second kappa shape index (κ2) is 7.84. The van der Waals surface area contributed by atoms with Gasteiger partial charge in [0.05, 0.1) is 6.61 Å². The summed E-state index contributed by atoms with van der Waals surface area (Å²) in [5, 5.41) is 3.75. The van der Waals surface area contributed by atoms with Crippen molar-refractivity contribution in [3.63, 3.8) is 0 Å². The summed E-state index contributed by atoms with van der Waals surface area (Å²) in [5.74, 6) is 1.68. The van der Waals surface area contributed by atoms with E-state index in [0.717, 1.165) is 31.7 Å². The van der Waals surface area contributed by atoms with Crippen molar-refractivity contribution < 1.29 is 4.74 Å². The molecule has 0 aromatic heterocycles. The van der Waals surface area contributed by atoms with Crippen LogP contribution in [0.4, 0.5) is 0 Å². The van der Waals surface area contributed by atoms with Crippen molar-refractivity contribution >= 4 is 0 Å². The summed E-state index contributed by atoms with van der Waals surface area (Å²) in [6.07, 6.45) is 7.36. The van der Waals surface area contributed by atoms with E-state index in [1.807, 2.05) is 0 Å². The Hall–Kier alpha value is -1.02. The number of benzene rings is 1. The third-order valence-electron chi connectivity index (χ3n) is 4.84. The van der Waals surface area contributed by atoms with Crippen LogP contribution in [0.1, 0.15) is 58.4 Å². The molecule has 2 rings (SSSR count). The van der Waals surface area contributed by atoms with E-state index in [1.54, 1.807) is 0 Å². The Morgan fingerprint density at radius 2 is 1.95 bits per heavy atom. The average molecular weight is 289 g/mol. The van der Waals surface area contributed by atoms with Crippen LogP contribution in [-0.2, 0) is 6.42 Å². The van der Waals surface area contributed by atoms with Gasteiger partial charge in [0.1, 0.15) is 5.75 Å². The third-order valence-corrected chi connectivity index (χ3v) is 4.84. The molecule has 21 heavy (non-hydrogen) atoms. The fraction of sp³-hybridized carbons (Fsp3) is 0.684. The Kier molecular flexibility index (Phi) is 6.10. The molecule has 0 spiro atoms. The predicted octanol–water partition coefficient (Wildman–Crippen LogP) is 4.58. The third kappa shape index (κ3) is 4.47. The van der Waals surface area contributed by atoms with Crippen molar-refractivity contribution in [2.45, 2.75) is 64.8 Å². The highest BCUT2D eigenvalue weighted by Crippen LogP contribution is 2.31.